The van der Waals surface area contributed by atoms with Crippen LogP contribution in [0.3, 0.4) is 0 Å². The minimum atomic E-state index is 0.148. The maximum absolute atomic E-state index is 2.37. The van der Waals surface area contributed by atoms with Crippen LogP contribution in [-0.4, -0.2) is 0 Å². The molecule has 0 atom stereocenters. The van der Waals surface area contributed by atoms with E-state index >= 15 is 0 Å². The molecule has 0 bridgehead atoms. The van der Waals surface area contributed by atoms with E-state index in [1.807, 2.05) is 0 Å². The predicted octanol–water partition coefficient (Wildman–Crippen LogP) is 8.68. The third-order valence-electron chi connectivity index (χ3n) is 6.15. The lowest BCUT2D eigenvalue weighted by molar-refractivity contribution is 0.590. The molecule has 0 aliphatic carbocycles. The minimum absolute atomic E-state index is 0.148. The van der Waals surface area contributed by atoms with E-state index in [1.165, 1.54) is 44.9 Å². The Labute approximate surface area is 183 Å². The van der Waals surface area contributed by atoms with Gasteiger partial charge in [-0.3, -0.25) is 0 Å². The van der Waals surface area contributed by atoms with E-state index in [4.69, 9.17) is 0 Å². The number of hydrogen-bond donors (Lipinski definition) is 0. The second-order valence-corrected chi connectivity index (χ2v) is 10.6. The fraction of sp³-hybridized carbons (Fsp3) is 0.379. The van der Waals surface area contributed by atoms with Gasteiger partial charge < -0.3 is 4.90 Å². The molecule has 1 heteroatoms. The van der Waals surface area contributed by atoms with E-state index in [0.29, 0.717) is 0 Å². The molecule has 0 fully saturated rings. The van der Waals surface area contributed by atoms with Gasteiger partial charge in [-0.15, -0.1) is 0 Å². The van der Waals surface area contributed by atoms with Crippen LogP contribution < -0.4 is 4.90 Å². The lowest BCUT2D eigenvalue weighted by atomic mass is 9.86. The van der Waals surface area contributed by atoms with Gasteiger partial charge in [0.25, 0.3) is 0 Å². The highest BCUT2D eigenvalue weighted by Gasteiger charge is 2.19. The maximum Gasteiger partial charge on any atom is 0.0467 e. The standard InChI is InChI=1S/C29H37N/c1-20-18-27(19-21(2)22(20)3)30(25-14-10-23(11-15-25)28(4,5)6)26-16-12-24(13-17-26)29(7,8)9/h10-19H,1-9H3. The van der Waals surface area contributed by atoms with E-state index in [2.05, 4.69) is 128 Å². The molecule has 0 radical (unpaired) electrons. The summed E-state index contributed by atoms with van der Waals surface area (Å²) < 4.78 is 0. The van der Waals surface area contributed by atoms with Crippen LogP contribution in [0.4, 0.5) is 17.1 Å². The van der Waals surface area contributed by atoms with Crippen LogP contribution in [-0.2, 0) is 10.8 Å². The Morgan fingerprint density at radius 3 is 1.13 bits per heavy atom. The molecule has 3 aromatic rings. The molecule has 0 saturated carbocycles. The summed E-state index contributed by atoms with van der Waals surface area (Å²) in [5, 5.41) is 0. The zero-order chi connectivity index (χ0) is 22.3. The van der Waals surface area contributed by atoms with Crippen molar-refractivity contribution in [2.45, 2.75) is 73.1 Å². The number of aryl methyl sites for hydroxylation is 2. The van der Waals surface area contributed by atoms with Crippen molar-refractivity contribution in [2.75, 3.05) is 4.90 Å². The Morgan fingerprint density at radius 1 is 0.500 bits per heavy atom. The second-order valence-electron chi connectivity index (χ2n) is 10.6. The van der Waals surface area contributed by atoms with Gasteiger partial charge in [-0.2, -0.15) is 0 Å². The Morgan fingerprint density at radius 2 is 0.833 bits per heavy atom. The summed E-state index contributed by atoms with van der Waals surface area (Å²) in [6.07, 6.45) is 0. The number of anilines is 3. The van der Waals surface area contributed by atoms with Gasteiger partial charge in [0, 0.05) is 17.1 Å². The molecular weight excluding hydrogens is 362 g/mol. The zero-order valence-electron chi connectivity index (χ0n) is 20.2. The Bertz CT molecular complexity index is 929. The topological polar surface area (TPSA) is 3.24 Å². The summed E-state index contributed by atoms with van der Waals surface area (Å²) in [5.41, 5.74) is 10.6. The number of nitrogens with zero attached hydrogens (tertiary/aromatic N) is 1. The first kappa shape index (κ1) is 22.2. The summed E-state index contributed by atoms with van der Waals surface area (Å²) in [7, 11) is 0. The quantitative estimate of drug-likeness (QED) is 0.426. The summed E-state index contributed by atoms with van der Waals surface area (Å²) in [6.45, 7) is 20.2. The summed E-state index contributed by atoms with van der Waals surface area (Å²) in [4.78, 5) is 2.37. The molecule has 0 aromatic heterocycles. The number of benzene rings is 3. The Hall–Kier alpha value is -2.54. The summed E-state index contributed by atoms with van der Waals surface area (Å²) in [6, 6.07) is 22.7. The Balaban J connectivity index is 2.14. The summed E-state index contributed by atoms with van der Waals surface area (Å²) >= 11 is 0. The van der Waals surface area contributed by atoms with Gasteiger partial charge in [0.15, 0.2) is 0 Å². The van der Waals surface area contributed by atoms with Gasteiger partial charge in [-0.05, 0) is 95.8 Å². The van der Waals surface area contributed by atoms with E-state index in [1.54, 1.807) is 0 Å². The van der Waals surface area contributed by atoms with Gasteiger partial charge in [0.05, 0.1) is 0 Å². The maximum atomic E-state index is 2.37. The highest BCUT2D eigenvalue weighted by atomic mass is 15.1. The molecule has 0 aliphatic heterocycles. The van der Waals surface area contributed by atoms with Gasteiger partial charge in [-0.25, -0.2) is 0 Å². The first-order chi connectivity index (χ1) is 13.9. The van der Waals surface area contributed by atoms with Crippen molar-refractivity contribution in [1.29, 1.82) is 0 Å². The van der Waals surface area contributed by atoms with Crippen LogP contribution in [0.1, 0.15) is 69.4 Å². The van der Waals surface area contributed by atoms with Crippen molar-refractivity contribution in [3.63, 3.8) is 0 Å². The van der Waals surface area contributed by atoms with Crippen LogP contribution in [0.5, 0.6) is 0 Å². The van der Waals surface area contributed by atoms with Crippen LogP contribution in [0, 0.1) is 20.8 Å². The highest BCUT2D eigenvalue weighted by Crippen LogP contribution is 2.38. The van der Waals surface area contributed by atoms with Gasteiger partial charge >= 0.3 is 0 Å². The van der Waals surface area contributed by atoms with Crippen LogP contribution >= 0.6 is 0 Å². The van der Waals surface area contributed by atoms with Gasteiger partial charge in [0.1, 0.15) is 0 Å². The molecule has 1 nitrogen and oxygen atoms in total. The fourth-order valence-corrected chi connectivity index (χ4v) is 3.81. The van der Waals surface area contributed by atoms with Gasteiger partial charge in [0.2, 0.25) is 0 Å². The van der Waals surface area contributed by atoms with Crippen molar-refractivity contribution in [3.05, 3.63) is 88.5 Å². The molecule has 30 heavy (non-hydrogen) atoms. The largest absolute Gasteiger partial charge is 0.310 e. The van der Waals surface area contributed by atoms with Crippen molar-refractivity contribution >= 4 is 17.1 Å². The van der Waals surface area contributed by atoms with Crippen LogP contribution in [0.15, 0.2) is 60.7 Å². The van der Waals surface area contributed by atoms with Crippen LogP contribution in [0.2, 0.25) is 0 Å². The lowest BCUT2D eigenvalue weighted by Gasteiger charge is -2.29. The van der Waals surface area contributed by atoms with E-state index in [0.717, 1.165) is 0 Å². The predicted molar refractivity (Wildman–Crippen MR) is 133 cm³/mol. The first-order valence-electron chi connectivity index (χ1n) is 11.0. The molecule has 0 spiro atoms. The monoisotopic (exact) mass is 399 g/mol. The normalized spacial score (nSPS) is 12.2. The average Bonchev–Trinajstić information content (AvgIpc) is 2.66. The molecule has 158 valence electrons. The molecule has 0 amide bonds. The molecule has 0 aliphatic rings. The smallest absolute Gasteiger partial charge is 0.0467 e. The highest BCUT2D eigenvalue weighted by molar-refractivity contribution is 5.77. The molecule has 3 rings (SSSR count). The fourth-order valence-electron chi connectivity index (χ4n) is 3.81. The van der Waals surface area contributed by atoms with E-state index < -0.39 is 0 Å². The third-order valence-corrected chi connectivity index (χ3v) is 6.15. The van der Waals surface area contributed by atoms with Crippen molar-refractivity contribution in [2.24, 2.45) is 0 Å². The number of hydrogen-bond acceptors (Lipinski definition) is 1. The number of rotatable bonds is 3. The van der Waals surface area contributed by atoms with Crippen molar-refractivity contribution < 1.29 is 0 Å². The molecule has 3 aromatic carbocycles. The van der Waals surface area contributed by atoms with Crippen LogP contribution in [0.25, 0.3) is 0 Å². The molecular formula is C29H37N. The SMILES string of the molecule is Cc1cc(N(c2ccc(C(C)(C)C)cc2)c2ccc(C(C)(C)C)cc2)cc(C)c1C. The Kier molecular flexibility index (Phi) is 5.87. The minimum Gasteiger partial charge on any atom is -0.310 e. The molecule has 0 saturated heterocycles. The lowest BCUT2D eigenvalue weighted by Crippen LogP contribution is -2.14. The molecule has 0 N–H and O–H groups in total. The zero-order valence-corrected chi connectivity index (χ0v) is 20.2. The van der Waals surface area contributed by atoms with Crippen molar-refractivity contribution in [3.8, 4) is 0 Å². The summed E-state index contributed by atoms with van der Waals surface area (Å²) in [5.74, 6) is 0. The van der Waals surface area contributed by atoms with Crippen molar-refractivity contribution in [1.82, 2.24) is 0 Å². The third kappa shape index (κ3) is 4.61. The van der Waals surface area contributed by atoms with E-state index in [-0.39, 0.29) is 10.8 Å². The second kappa shape index (κ2) is 7.95. The van der Waals surface area contributed by atoms with E-state index in [9.17, 15) is 0 Å². The average molecular weight is 400 g/mol. The molecule has 0 unspecified atom stereocenters. The molecule has 0 heterocycles. The first-order valence-corrected chi connectivity index (χ1v) is 11.0. The van der Waals surface area contributed by atoms with Gasteiger partial charge in [-0.1, -0.05) is 65.8 Å².